The molecule has 1 heterocycles. The number of hydrogen-bond donors (Lipinski definition) is 2. The Morgan fingerprint density at radius 3 is 2.62 bits per heavy atom. The Bertz CT molecular complexity index is 445. The third-order valence-electron chi connectivity index (χ3n) is 3.50. The van der Waals surface area contributed by atoms with Gasteiger partial charge in [-0.15, -0.1) is 0 Å². The Balaban J connectivity index is 1.70. The number of anilines is 1. The van der Waals surface area contributed by atoms with E-state index in [4.69, 9.17) is 10.5 Å². The van der Waals surface area contributed by atoms with Gasteiger partial charge in [0.05, 0.1) is 19.3 Å². The highest BCUT2D eigenvalue weighted by molar-refractivity contribution is 5.92. The molecule has 0 unspecified atom stereocenters. The molecule has 0 atom stereocenters. The highest BCUT2D eigenvalue weighted by Gasteiger charge is 2.21. The van der Waals surface area contributed by atoms with Crippen LogP contribution in [0.5, 0.6) is 0 Å². The molecule has 0 spiro atoms. The van der Waals surface area contributed by atoms with Crippen LogP contribution in [-0.2, 0) is 9.53 Å². The number of hydrogen-bond acceptors (Lipinski definition) is 4. The van der Waals surface area contributed by atoms with Gasteiger partial charge in [0.2, 0.25) is 5.91 Å². The molecule has 1 saturated heterocycles. The van der Waals surface area contributed by atoms with Crippen LogP contribution < -0.4 is 11.1 Å². The molecule has 5 nitrogen and oxygen atoms in total. The van der Waals surface area contributed by atoms with Gasteiger partial charge in [-0.2, -0.15) is 0 Å². The van der Waals surface area contributed by atoms with Crippen LogP contribution in [0, 0.1) is 5.82 Å². The summed E-state index contributed by atoms with van der Waals surface area (Å²) >= 11 is 0. The van der Waals surface area contributed by atoms with Crippen molar-refractivity contribution < 1.29 is 13.9 Å². The topological polar surface area (TPSA) is 67.6 Å². The van der Waals surface area contributed by atoms with Gasteiger partial charge in [-0.25, -0.2) is 4.39 Å². The van der Waals surface area contributed by atoms with Crippen molar-refractivity contribution in [3.8, 4) is 0 Å². The predicted molar refractivity (Wildman–Crippen MR) is 79.5 cm³/mol. The smallest absolute Gasteiger partial charge is 0.238 e. The maximum absolute atomic E-state index is 12.8. The highest BCUT2D eigenvalue weighted by atomic mass is 19.1. The van der Waals surface area contributed by atoms with Crippen molar-refractivity contribution in [3.05, 3.63) is 30.1 Å². The number of ether oxygens (including phenoxy) is 1. The lowest BCUT2D eigenvalue weighted by molar-refractivity contribution is -0.118. The lowest BCUT2D eigenvalue weighted by Crippen LogP contribution is -2.41. The molecule has 0 aliphatic carbocycles. The molecule has 1 aromatic rings. The molecule has 6 heteroatoms. The number of nitrogens with zero attached hydrogens (tertiary/aromatic N) is 1. The standard InChI is InChI=1S/C15H22FN3O2/c16-12-1-3-13(4-2-12)18-15(20)11-19-8-5-14(6-9-19)21-10-7-17/h1-4,14H,5-11,17H2,(H,18,20). The number of rotatable bonds is 6. The van der Waals surface area contributed by atoms with Crippen molar-refractivity contribution in [1.29, 1.82) is 0 Å². The molecule has 0 saturated carbocycles. The van der Waals surface area contributed by atoms with Crippen LogP contribution in [0.15, 0.2) is 24.3 Å². The molecule has 0 radical (unpaired) electrons. The first kappa shape index (κ1) is 15.9. The molecule has 2 rings (SSSR count). The summed E-state index contributed by atoms with van der Waals surface area (Å²) in [6.07, 6.45) is 2.10. The average molecular weight is 295 g/mol. The minimum Gasteiger partial charge on any atom is -0.377 e. The number of piperidine rings is 1. The molecule has 1 aliphatic rings. The number of carbonyl (C=O) groups excluding carboxylic acids is 1. The Hall–Kier alpha value is -1.50. The van der Waals surface area contributed by atoms with Crippen molar-refractivity contribution in [2.45, 2.75) is 18.9 Å². The molecular formula is C15H22FN3O2. The average Bonchev–Trinajstić information content (AvgIpc) is 2.49. The summed E-state index contributed by atoms with van der Waals surface area (Å²) < 4.78 is 18.4. The van der Waals surface area contributed by atoms with Crippen molar-refractivity contribution in [3.63, 3.8) is 0 Å². The first-order valence-electron chi connectivity index (χ1n) is 7.27. The van der Waals surface area contributed by atoms with Crippen molar-refractivity contribution in [2.24, 2.45) is 5.73 Å². The van der Waals surface area contributed by atoms with Crippen LogP contribution in [0.2, 0.25) is 0 Å². The summed E-state index contributed by atoms with van der Waals surface area (Å²) in [6, 6.07) is 5.77. The molecular weight excluding hydrogens is 273 g/mol. The van der Waals surface area contributed by atoms with E-state index in [0.29, 0.717) is 25.4 Å². The van der Waals surface area contributed by atoms with Gasteiger partial charge in [0.1, 0.15) is 5.82 Å². The molecule has 1 aromatic carbocycles. The number of amides is 1. The fourth-order valence-electron chi connectivity index (χ4n) is 2.41. The van der Waals surface area contributed by atoms with Gasteiger partial charge in [0.25, 0.3) is 0 Å². The van der Waals surface area contributed by atoms with Crippen LogP contribution in [-0.4, -0.2) is 49.7 Å². The first-order valence-corrected chi connectivity index (χ1v) is 7.27. The molecule has 1 aliphatic heterocycles. The van der Waals surface area contributed by atoms with Crippen LogP contribution >= 0.6 is 0 Å². The van der Waals surface area contributed by atoms with Gasteiger partial charge < -0.3 is 15.8 Å². The van der Waals surface area contributed by atoms with Crippen molar-refractivity contribution in [1.82, 2.24) is 4.90 Å². The minimum absolute atomic E-state index is 0.0806. The number of nitrogens with one attached hydrogen (secondary N) is 1. The van der Waals surface area contributed by atoms with E-state index in [9.17, 15) is 9.18 Å². The summed E-state index contributed by atoms with van der Waals surface area (Å²) in [5.41, 5.74) is 6.02. The van der Waals surface area contributed by atoms with E-state index < -0.39 is 0 Å². The summed E-state index contributed by atoms with van der Waals surface area (Å²) in [6.45, 7) is 3.16. The highest BCUT2D eigenvalue weighted by Crippen LogP contribution is 2.14. The van der Waals surface area contributed by atoms with Crippen molar-refractivity contribution >= 4 is 11.6 Å². The van der Waals surface area contributed by atoms with Crippen LogP contribution in [0.4, 0.5) is 10.1 Å². The number of halogens is 1. The summed E-state index contributed by atoms with van der Waals surface area (Å²) in [5, 5.41) is 2.77. The minimum atomic E-state index is -0.312. The van der Waals surface area contributed by atoms with Gasteiger partial charge in [0.15, 0.2) is 0 Å². The fraction of sp³-hybridized carbons (Fsp3) is 0.533. The fourth-order valence-corrected chi connectivity index (χ4v) is 2.41. The number of carbonyl (C=O) groups is 1. The maximum Gasteiger partial charge on any atom is 0.238 e. The van der Waals surface area contributed by atoms with Gasteiger partial charge >= 0.3 is 0 Å². The van der Waals surface area contributed by atoms with E-state index in [-0.39, 0.29) is 17.8 Å². The van der Waals surface area contributed by atoms with E-state index in [1.807, 2.05) is 0 Å². The SMILES string of the molecule is NCCOC1CCN(CC(=O)Nc2ccc(F)cc2)CC1. The second-order valence-electron chi connectivity index (χ2n) is 5.19. The molecule has 3 N–H and O–H groups in total. The number of benzene rings is 1. The zero-order chi connectivity index (χ0) is 15.1. The predicted octanol–water partition coefficient (Wildman–Crippen LogP) is 1.20. The number of likely N-dealkylation sites (tertiary alicyclic amines) is 1. The molecule has 21 heavy (non-hydrogen) atoms. The normalized spacial score (nSPS) is 16.9. The van der Waals surface area contributed by atoms with Crippen LogP contribution in [0.25, 0.3) is 0 Å². The molecule has 1 fully saturated rings. The maximum atomic E-state index is 12.8. The lowest BCUT2D eigenvalue weighted by Gasteiger charge is -2.31. The first-order chi connectivity index (χ1) is 10.2. The second kappa shape index (κ2) is 8.07. The van der Waals surface area contributed by atoms with E-state index >= 15 is 0 Å². The lowest BCUT2D eigenvalue weighted by atomic mass is 10.1. The van der Waals surface area contributed by atoms with E-state index in [1.54, 1.807) is 12.1 Å². The molecule has 0 aromatic heterocycles. The largest absolute Gasteiger partial charge is 0.377 e. The van der Waals surface area contributed by atoms with Gasteiger partial charge in [-0.3, -0.25) is 9.69 Å². The van der Waals surface area contributed by atoms with Crippen LogP contribution in [0.3, 0.4) is 0 Å². The van der Waals surface area contributed by atoms with Gasteiger partial charge in [-0.1, -0.05) is 0 Å². The Kier molecular flexibility index (Phi) is 6.10. The monoisotopic (exact) mass is 295 g/mol. The zero-order valence-corrected chi connectivity index (χ0v) is 12.1. The zero-order valence-electron chi connectivity index (χ0n) is 12.1. The van der Waals surface area contributed by atoms with Crippen LogP contribution in [0.1, 0.15) is 12.8 Å². The Labute approximate surface area is 124 Å². The molecule has 116 valence electrons. The summed E-state index contributed by atoms with van der Waals surface area (Å²) in [5.74, 6) is -0.393. The Morgan fingerprint density at radius 1 is 1.33 bits per heavy atom. The van der Waals surface area contributed by atoms with E-state index in [0.717, 1.165) is 25.9 Å². The third-order valence-corrected chi connectivity index (χ3v) is 3.50. The number of nitrogens with two attached hydrogens (primary N) is 1. The van der Waals surface area contributed by atoms with E-state index in [1.165, 1.54) is 12.1 Å². The summed E-state index contributed by atoms with van der Waals surface area (Å²) in [7, 11) is 0. The Morgan fingerprint density at radius 2 is 2.00 bits per heavy atom. The van der Waals surface area contributed by atoms with Gasteiger partial charge in [-0.05, 0) is 37.1 Å². The summed E-state index contributed by atoms with van der Waals surface area (Å²) in [4.78, 5) is 14.0. The molecule has 1 amide bonds. The third kappa shape index (κ3) is 5.41. The van der Waals surface area contributed by atoms with Gasteiger partial charge in [0, 0.05) is 25.3 Å². The molecule has 0 bridgehead atoms. The van der Waals surface area contributed by atoms with E-state index in [2.05, 4.69) is 10.2 Å². The van der Waals surface area contributed by atoms with Crippen molar-refractivity contribution in [2.75, 3.05) is 38.1 Å². The second-order valence-corrected chi connectivity index (χ2v) is 5.19. The quantitative estimate of drug-likeness (QED) is 0.827.